The van der Waals surface area contributed by atoms with E-state index in [4.69, 9.17) is 0 Å². The lowest BCUT2D eigenvalue weighted by atomic mass is 9.89. The van der Waals surface area contributed by atoms with Crippen LogP contribution in [0.2, 0.25) is 0 Å². The zero-order valence-electron chi connectivity index (χ0n) is 13.5. The summed E-state index contributed by atoms with van der Waals surface area (Å²) < 4.78 is 0. The first-order chi connectivity index (χ1) is 10.1. The van der Waals surface area contributed by atoms with Crippen LogP contribution < -0.4 is 10.6 Å². The first-order valence-electron chi connectivity index (χ1n) is 8.24. The number of fused-ring (bicyclic) bond motifs is 1. The van der Waals surface area contributed by atoms with Crippen LogP contribution in [0.4, 0.5) is 0 Å². The van der Waals surface area contributed by atoms with Crippen LogP contribution in [0.15, 0.2) is 18.2 Å². The van der Waals surface area contributed by atoms with Crippen molar-refractivity contribution >= 4 is 5.91 Å². The fourth-order valence-electron chi connectivity index (χ4n) is 3.11. The number of nitrogens with one attached hydrogen (secondary N) is 2. The van der Waals surface area contributed by atoms with Crippen molar-refractivity contribution in [3.63, 3.8) is 0 Å². The van der Waals surface area contributed by atoms with Crippen LogP contribution in [0.25, 0.3) is 0 Å². The van der Waals surface area contributed by atoms with E-state index in [2.05, 4.69) is 42.7 Å². The largest absolute Gasteiger partial charge is 0.350 e. The molecule has 0 aliphatic heterocycles. The molecule has 2 rings (SSSR count). The van der Waals surface area contributed by atoms with E-state index in [0.29, 0.717) is 6.42 Å². The Kier molecular flexibility index (Phi) is 5.80. The van der Waals surface area contributed by atoms with Crippen LogP contribution >= 0.6 is 0 Å². The third kappa shape index (κ3) is 4.57. The zero-order chi connectivity index (χ0) is 15.2. The molecule has 1 aliphatic carbocycles. The predicted octanol–water partition coefficient (Wildman–Crippen LogP) is 3.13. The van der Waals surface area contributed by atoms with Gasteiger partial charge in [0.05, 0.1) is 6.04 Å². The van der Waals surface area contributed by atoms with E-state index >= 15 is 0 Å². The molecule has 1 amide bonds. The van der Waals surface area contributed by atoms with Crippen LogP contribution in [0.3, 0.4) is 0 Å². The van der Waals surface area contributed by atoms with E-state index in [9.17, 15) is 4.79 Å². The highest BCUT2D eigenvalue weighted by Crippen LogP contribution is 2.24. The number of amides is 1. The Bertz CT molecular complexity index is 484. The van der Waals surface area contributed by atoms with E-state index in [1.807, 2.05) is 6.92 Å². The lowest BCUT2D eigenvalue weighted by Crippen LogP contribution is -2.34. The quantitative estimate of drug-likeness (QED) is 0.844. The molecular weight excluding hydrogens is 260 g/mol. The summed E-state index contributed by atoms with van der Waals surface area (Å²) in [5, 5.41) is 6.38. The van der Waals surface area contributed by atoms with Crippen molar-refractivity contribution in [3.8, 4) is 0 Å². The number of rotatable bonds is 6. The average molecular weight is 288 g/mol. The Morgan fingerprint density at radius 2 is 1.90 bits per heavy atom. The van der Waals surface area contributed by atoms with Gasteiger partial charge in [0.15, 0.2) is 0 Å². The van der Waals surface area contributed by atoms with Gasteiger partial charge < -0.3 is 10.6 Å². The van der Waals surface area contributed by atoms with Gasteiger partial charge in [-0.3, -0.25) is 4.79 Å². The summed E-state index contributed by atoms with van der Waals surface area (Å²) in [6, 6.07) is 7.01. The summed E-state index contributed by atoms with van der Waals surface area (Å²) in [5.41, 5.74) is 4.19. The monoisotopic (exact) mass is 288 g/mol. The van der Waals surface area contributed by atoms with Gasteiger partial charge in [0, 0.05) is 12.5 Å². The van der Waals surface area contributed by atoms with Crippen molar-refractivity contribution in [3.05, 3.63) is 34.9 Å². The van der Waals surface area contributed by atoms with Crippen molar-refractivity contribution in [1.82, 2.24) is 10.6 Å². The van der Waals surface area contributed by atoms with Crippen molar-refractivity contribution in [2.75, 3.05) is 6.54 Å². The van der Waals surface area contributed by atoms with Gasteiger partial charge in [0.1, 0.15) is 0 Å². The Morgan fingerprint density at radius 3 is 2.62 bits per heavy atom. The number of carbonyl (C=O) groups excluding carboxylic acids is 1. The number of carbonyl (C=O) groups is 1. The lowest BCUT2D eigenvalue weighted by Gasteiger charge is -2.21. The smallest absolute Gasteiger partial charge is 0.222 e. The first-order valence-corrected chi connectivity index (χ1v) is 8.24. The molecule has 0 spiro atoms. The van der Waals surface area contributed by atoms with Gasteiger partial charge in [-0.05, 0) is 62.8 Å². The second-order valence-corrected chi connectivity index (χ2v) is 6.19. The van der Waals surface area contributed by atoms with E-state index in [-0.39, 0.29) is 18.0 Å². The van der Waals surface area contributed by atoms with Crippen LogP contribution in [-0.4, -0.2) is 18.5 Å². The summed E-state index contributed by atoms with van der Waals surface area (Å²) in [5.74, 6) is 0.119. The van der Waals surface area contributed by atoms with E-state index in [0.717, 1.165) is 6.54 Å². The normalized spacial score (nSPS) is 16.9. The maximum atomic E-state index is 12.0. The number of aryl methyl sites for hydroxylation is 2. The van der Waals surface area contributed by atoms with Crippen molar-refractivity contribution in [2.45, 2.75) is 65.0 Å². The molecule has 0 saturated carbocycles. The highest BCUT2D eigenvalue weighted by molar-refractivity contribution is 5.77. The average Bonchev–Trinajstić information content (AvgIpc) is 2.46. The van der Waals surface area contributed by atoms with Crippen LogP contribution in [0, 0.1) is 0 Å². The summed E-state index contributed by atoms with van der Waals surface area (Å²) in [6.07, 6.45) is 5.51. The molecule has 3 heteroatoms. The molecular formula is C18H28N2O. The summed E-state index contributed by atoms with van der Waals surface area (Å²) in [6.45, 7) is 7.08. The molecule has 3 nitrogen and oxygen atoms in total. The third-order valence-electron chi connectivity index (χ3n) is 4.29. The maximum Gasteiger partial charge on any atom is 0.222 e. The predicted molar refractivity (Wildman–Crippen MR) is 87.4 cm³/mol. The van der Waals surface area contributed by atoms with Gasteiger partial charge in [-0.25, -0.2) is 0 Å². The fourth-order valence-corrected chi connectivity index (χ4v) is 3.11. The highest BCUT2D eigenvalue weighted by Gasteiger charge is 2.15. The number of hydrogen-bond acceptors (Lipinski definition) is 2. The van der Waals surface area contributed by atoms with Crippen LogP contribution in [-0.2, 0) is 17.6 Å². The molecule has 1 aliphatic rings. The number of hydrogen-bond donors (Lipinski definition) is 2. The van der Waals surface area contributed by atoms with E-state index < -0.39 is 0 Å². The standard InChI is InChI=1S/C18H28N2O/c1-4-19-13(2)11-18(21)20-14(3)16-10-9-15-7-5-6-8-17(15)12-16/h9-10,12-14,19H,4-8,11H2,1-3H3,(H,20,21). The molecule has 21 heavy (non-hydrogen) atoms. The Balaban J connectivity index is 1.93. The van der Waals surface area contributed by atoms with Crippen molar-refractivity contribution < 1.29 is 4.79 Å². The van der Waals surface area contributed by atoms with Crippen molar-refractivity contribution in [2.24, 2.45) is 0 Å². The first kappa shape index (κ1) is 16.0. The minimum Gasteiger partial charge on any atom is -0.350 e. The Hall–Kier alpha value is -1.35. The minimum atomic E-state index is 0.0820. The topological polar surface area (TPSA) is 41.1 Å². The van der Waals surface area contributed by atoms with E-state index in [1.54, 1.807) is 0 Å². The van der Waals surface area contributed by atoms with Gasteiger partial charge in [-0.2, -0.15) is 0 Å². The SMILES string of the molecule is CCNC(C)CC(=O)NC(C)c1ccc2c(c1)CCCC2. The molecule has 0 aromatic heterocycles. The molecule has 0 saturated heterocycles. The molecule has 1 aromatic carbocycles. The van der Waals surface area contributed by atoms with Gasteiger partial charge in [0.25, 0.3) is 0 Å². The van der Waals surface area contributed by atoms with Gasteiger partial charge >= 0.3 is 0 Å². The molecule has 116 valence electrons. The van der Waals surface area contributed by atoms with E-state index in [1.165, 1.54) is 42.4 Å². The van der Waals surface area contributed by atoms with Gasteiger partial charge in [0.2, 0.25) is 5.91 Å². The lowest BCUT2D eigenvalue weighted by molar-refractivity contribution is -0.122. The second kappa shape index (κ2) is 7.60. The van der Waals surface area contributed by atoms with Gasteiger partial charge in [-0.15, -0.1) is 0 Å². The molecule has 0 heterocycles. The molecule has 2 atom stereocenters. The highest BCUT2D eigenvalue weighted by atomic mass is 16.1. The minimum absolute atomic E-state index is 0.0820. The Labute approximate surface area is 128 Å². The number of benzene rings is 1. The van der Waals surface area contributed by atoms with Crippen LogP contribution in [0.5, 0.6) is 0 Å². The fraction of sp³-hybridized carbons (Fsp3) is 0.611. The maximum absolute atomic E-state index is 12.0. The molecule has 2 unspecified atom stereocenters. The molecule has 0 radical (unpaired) electrons. The molecule has 2 N–H and O–H groups in total. The second-order valence-electron chi connectivity index (χ2n) is 6.19. The molecule has 0 fully saturated rings. The third-order valence-corrected chi connectivity index (χ3v) is 4.29. The Morgan fingerprint density at radius 1 is 1.19 bits per heavy atom. The molecule has 0 bridgehead atoms. The van der Waals surface area contributed by atoms with Crippen molar-refractivity contribution in [1.29, 1.82) is 0 Å². The summed E-state index contributed by atoms with van der Waals surface area (Å²) >= 11 is 0. The zero-order valence-corrected chi connectivity index (χ0v) is 13.5. The molecule has 1 aromatic rings. The van der Waals surface area contributed by atoms with Gasteiger partial charge in [-0.1, -0.05) is 25.1 Å². The van der Waals surface area contributed by atoms with Crippen LogP contribution in [0.1, 0.15) is 62.8 Å². The summed E-state index contributed by atoms with van der Waals surface area (Å²) in [7, 11) is 0. The summed E-state index contributed by atoms with van der Waals surface area (Å²) in [4.78, 5) is 12.0.